The van der Waals surface area contributed by atoms with Crippen LogP contribution in [0.5, 0.6) is 0 Å². The lowest BCUT2D eigenvalue weighted by Gasteiger charge is -2.16. The van der Waals surface area contributed by atoms with Gasteiger partial charge in [-0.25, -0.2) is 0 Å². The van der Waals surface area contributed by atoms with E-state index in [0.717, 1.165) is 0 Å². The standard InChI is InChI=1S/C23H42O10SSi/c1-35(2,3)33-22-20-31-18-16-29-14-12-27-10-9-26-11-13-28-15-17-30-19-21-32-34(24,25)23-7-5-4-6-8-23/h4-8H,9-22H2,1-3H3. The van der Waals surface area contributed by atoms with Crippen LogP contribution in [0.15, 0.2) is 35.2 Å². The fourth-order valence-corrected chi connectivity index (χ4v) is 4.08. The molecule has 0 saturated heterocycles. The Morgan fingerprint density at radius 3 is 1.26 bits per heavy atom. The van der Waals surface area contributed by atoms with Crippen molar-refractivity contribution in [1.29, 1.82) is 0 Å². The molecule has 1 aromatic carbocycles. The number of rotatable bonds is 24. The number of hydrogen-bond donors (Lipinski definition) is 0. The lowest BCUT2D eigenvalue weighted by atomic mass is 10.4. The summed E-state index contributed by atoms with van der Waals surface area (Å²) < 4.78 is 66.9. The molecule has 0 aliphatic rings. The second-order valence-corrected chi connectivity index (χ2v) is 14.4. The first kappa shape index (κ1) is 32.1. The van der Waals surface area contributed by atoms with Crippen molar-refractivity contribution in [3.63, 3.8) is 0 Å². The van der Waals surface area contributed by atoms with Gasteiger partial charge < -0.3 is 32.8 Å². The number of ether oxygens (including phenoxy) is 6. The lowest BCUT2D eigenvalue weighted by Crippen LogP contribution is -2.27. The molecule has 0 bridgehead atoms. The normalized spacial score (nSPS) is 12.3. The molecule has 0 saturated carbocycles. The van der Waals surface area contributed by atoms with Crippen LogP contribution in [0.1, 0.15) is 0 Å². The molecule has 0 N–H and O–H groups in total. The van der Waals surface area contributed by atoms with Gasteiger partial charge in [0.2, 0.25) is 0 Å². The molecule has 1 rings (SSSR count). The monoisotopic (exact) mass is 538 g/mol. The van der Waals surface area contributed by atoms with Gasteiger partial charge in [-0.05, 0) is 31.8 Å². The summed E-state index contributed by atoms with van der Waals surface area (Å²) in [6, 6.07) is 7.99. The van der Waals surface area contributed by atoms with Crippen LogP contribution in [0.25, 0.3) is 0 Å². The van der Waals surface area contributed by atoms with Crippen LogP contribution in [0.2, 0.25) is 19.6 Å². The summed E-state index contributed by atoms with van der Waals surface area (Å²) >= 11 is 0. The maximum absolute atomic E-state index is 11.9. The Labute approximate surface area is 211 Å². The van der Waals surface area contributed by atoms with Gasteiger partial charge in [-0.15, -0.1) is 0 Å². The van der Waals surface area contributed by atoms with Crippen LogP contribution in [0, 0.1) is 0 Å². The molecule has 0 spiro atoms. The van der Waals surface area contributed by atoms with Gasteiger partial charge in [-0.2, -0.15) is 8.42 Å². The Balaban J connectivity index is 1.75. The average Bonchev–Trinajstić information content (AvgIpc) is 2.82. The van der Waals surface area contributed by atoms with Crippen molar-refractivity contribution in [2.24, 2.45) is 0 Å². The van der Waals surface area contributed by atoms with E-state index in [-0.39, 0.29) is 18.1 Å². The third-order valence-electron chi connectivity index (χ3n) is 4.12. The molecule has 0 fully saturated rings. The van der Waals surface area contributed by atoms with Gasteiger partial charge in [0.1, 0.15) is 0 Å². The Bertz CT molecular complexity index is 713. The minimum atomic E-state index is -3.74. The first-order valence-corrected chi connectivity index (χ1v) is 16.7. The topological polar surface area (TPSA) is 108 Å². The predicted octanol–water partition coefficient (Wildman–Crippen LogP) is 2.34. The van der Waals surface area contributed by atoms with Crippen molar-refractivity contribution in [1.82, 2.24) is 0 Å². The van der Waals surface area contributed by atoms with Crippen LogP contribution in [0.3, 0.4) is 0 Å². The SMILES string of the molecule is C[Si](C)(C)OCCOCCOCCOCCOCCOCCOCCOS(=O)(=O)c1ccccc1. The van der Waals surface area contributed by atoms with Crippen LogP contribution < -0.4 is 0 Å². The Morgan fingerprint density at radius 2 is 0.886 bits per heavy atom. The second kappa shape index (κ2) is 20.2. The van der Waals surface area contributed by atoms with Crippen molar-refractivity contribution >= 4 is 18.4 Å². The van der Waals surface area contributed by atoms with E-state index in [0.29, 0.717) is 79.3 Å². The van der Waals surface area contributed by atoms with Crippen LogP contribution in [-0.2, 0) is 47.1 Å². The maximum Gasteiger partial charge on any atom is 0.297 e. The molecule has 1 aromatic rings. The van der Waals surface area contributed by atoms with Crippen molar-refractivity contribution in [3.8, 4) is 0 Å². The molecular formula is C23H42O10SSi. The van der Waals surface area contributed by atoms with Crippen molar-refractivity contribution in [2.75, 3.05) is 92.5 Å². The third kappa shape index (κ3) is 19.9. The number of hydrogen-bond acceptors (Lipinski definition) is 10. The highest BCUT2D eigenvalue weighted by atomic mass is 32.2. The van der Waals surface area contributed by atoms with Crippen LogP contribution in [0.4, 0.5) is 0 Å². The molecule has 0 amide bonds. The third-order valence-corrected chi connectivity index (χ3v) is 6.52. The average molecular weight is 539 g/mol. The van der Waals surface area contributed by atoms with Gasteiger partial charge in [0.15, 0.2) is 8.32 Å². The molecule has 0 aliphatic heterocycles. The van der Waals surface area contributed by atoms with Gasteiger partial charge >= 0.3 is 0 Å². The molecule has 35 heavy (non-hydrogen) atoms. The summed E-state index contributed by atoms with van der Waals surface area (Å²) in [7, 11) is -5.20. The Hall–Kier alpha value is -0.933. The summed E-state index contributed by atoms with van der Waals surface area (Å²) in [5, 5.41) is 0. The molecule has 0 aromatic heterocycles. The molecule has 10 nitrogen and oxygen atoms in total. The van der Waals surface area contributed by atoms with Gasteiger partial charge in [0, 0.05) is 0 Å². The molecular weight excluding hydrogens is 496 g/mol. The summed E-state index contributed by atoms with van der Waals surface area (Å²) in [4.78, 5) is 0.127. The number of benzene rings is 1. The van der Waals surface area contributed by atoms with E-state index in [4.69, 9.17) is 37.0 Å². The summed E-state index contributed by atoms with van der Waals surface area (Å²) in [5.74, 6) is 0. The molecule has 0 atom stereocenters. The summed E-state index contributed by atoms with van der Waals surface area (Å²) in [6.45, 7) is 12.5. The summed E-state index contributed by atoms with van der Waals surface area (Å²) in [5.41, 5.74) is 0. The highest BCUT2D eigenvalue weighted by Gasteiger charge is 2.14. The fourth-order valence-electron chi connectivity index (χ4n) is 2.47. The zero-order chi connectivity index (χ0) is 25.7. The van der Waals surface area contributed by atoms with E-state index in [1.54, 1.807) is 18.2 Å². The molecule has 0 radical (unpaired) electrons. The van der Waals surface area contributed by atoms with Crippen molar-refractivity contribution < 1.29 is 45.4 Å². The van der Waals surface area contributed by atoms with Crippen molar-refractivity contribution in [2.45, 2.75) is 24.5 Å². The highest BCUT2D eigenvalue weighted by molar-refractivity contribution is 7.86. The zero-order valence-corrected chi connectivity index (χ0v) is 23.1. The van der Waals surface area contributed by atoms with Crippen molar-refractivity contribution in [3.05, 3.63) is 30.3 Å². The van der Waals surface area contributed by atoms with E-state index in [1.807, 2.05) is 0 Å². The Kier molecular flexibility index (Phi) is 18.5. The smallest absolute Gasteiger partial charge is 0.297 e. The largest absolute Gasteiger partial charge is 0.415 e. The Morgan fingerprint density at radius 1 is 0.543 bits per heavy atom. The molecule has 0 heterocycles. The van der Waals surface area contributed by atoms with E-state index < -0.39 is 18.4 Å². The molecule has 12 heteroatoms. The van der Waals surface area contributed by atoms with Crippen LogP contribution >= 0.6 is 0 Å². The minimum Gasteiger partial charge on any atom is -0.415 e. The molecule has 0 unspecified atom stereocenters. The quantitative estimate of drug-likeness (QED) is 0.111. The van der Waals surface area contributed by atoms with E-state index in [1.165, 1.54) is 12.1 Å². The molecule has 0 aliphatic carbocycles. The first-order chi connectivity index (χ1) is 16.8. The van der Waals surface area contributed by atoms with Gasteiger partial charge in [-0.1, -0.05) is 18.2 Å². The van der Waals surface area contributed by atoms with E-state index in [2.05, 4.69) is 19.6 Å². The zero-order valence-electron chi connectivity index (χ0n) is 21.3. The fraction of sp³-hybridized carbons (Fsp3) is 0.739. The van der Waals surface area contributed by atoms with E-state index in [9.17, 15) is 8.42 Å². The lowest BCUT2D eigenvalue weighted by molar-refractivity contribution is -0.0187. The van der Waals surface area contributed by atoms with Gasteiger partial charge in [-0.3, -0.25) is 4.18 Å². The minimum absolute atomic E-state index is 0.0482. The first-order valence-electron chi connectivity index (χ1n) is 11.9. The highest BCUT2D eigenvalue weighted by Crippen LogP contribution is 2.10. The predicted molar refractivity (Wildman–Crippen MR) is 134 cm³/mol. The molecule has 204 valence electrons. The summed E-state index contributed by atoms with van der Waals surface area (Å²) in [6.07, 6.45) is 0. The van der Waals surface area contributed by atoms with Gasteiger partial charge in [0.05, 0.1) is 97.4 Å². The van der Waals surface area contributed by atoms with Gasteiger partial charge in [0.25, 0.3) is 10.1 Å². The van der Waals surface area contributed by atoms with Crippen LogP contribution in [-0.4, -0.2) is 109 Å². The maximum atomic E-state index is 11.9. The van der Waals surface area contributed by atoms with E-state index >= 15 is 0 Å². The second-order valence-electron chi connectivity index (χ2n) is 8.22.